The van der Waals surface area contributed by atoms with Gasteiger partial charge in [0.1, 0.15) is 6.04 Å². The molecule has 1 saturated heterocycles. The number of alkyl halides is 2. The Hall–Kier alpha value is -1.85. The van der Waals surface area contributed by atoms with Gasteiger partial charge in [-0.1, -0.05) is 0 Å². The van der Waals surface area contributed by atoms with E-state index < -0.39 is 12.5 Å². The second kappa shape index (κ2) is 4.80. The highest BCUT2D eigenvalue weighted by Crippen LogP contribution is 2.33. The minimum absolute atomic E-state index is 0.128. The third kappa shape index (κ3) is 2.23. The van der Waals surface area contributed by atoms with Crippen LogP contribution in [0.3, 0.4) is 0 Å². The molecule has 1 atom stereocenters. The summed E-state index contributed by atoms with van der Waals surface area (Å²) in [5.74, 6) is -0.154. The number of carbonyl (C=O) groups is 1. The van der Waals surface area contributed by atoms with Crippen molar-refractivity contribution in [2.45, 2.75) is 19.4 Å². The van der Waals surface area contributed by atoms with E-state index in [1.807, 2.05) is 0 Å². The Bertz CT molecular complexity index is 465. The Labute approximate surface area is 104 Å². The van der Waals surface area contributed by atoms with Crippen molar-refractivity contribution in [2.75, 3.05) is 23.7 Å². The predicted octanol–water partition coefficient (Wildman–Crippen LogP) is 1.53. The number of hydrogen-bond acceptors (Lipinski definition) is 3. The molecule has 1 amide bonds. The van der Waals surface area contributed by atoms with Crippen molar-refractivity contribution in [1.82, 2.24) is 5.32 Å². The lowest BCUT2D eigenvalue weighted by Crippen LogP contribution is -2.54. The SMILES string of the molecule is CC1C(=O)NCCN1c1ccc(N)cc1C(F)F. The summed E-state index contributed by atoms with van der Waals surface area (Å²) in [4.78, 5) is 13.2. The predicted molar refractivity (Wildman–Crippen MR) is 65.6 cm³/mol. The molecule has 18 heavy (non-hydrogen) atoms. The maximum absolute atomic E-state index is 13.0. The number of benzene rings is 1. The molecule has 2 rings (SSSR count). The van der Waals surface area contributed by atoms with Gasteiger partial charge in [-0.3, -0.25) is 4.79 Å². The average Bonchev–Trinajstić information content (AvgIpc) is 2.33. The standard InChI is InChI=1S/C12H15F2N3O/c1-7-12(18)16-4-5-17(7)10-3-2-8(15)6-9(10)11(13)14/h2-3,6-7,11H,4-5,15H2,1H3,(H,16,18). The molecule has 1 aromatic carbocycles. The maximum atomic E-state index is 13.0. The van der Waals surface area contributed by atoms with E-state index in [0.29, 0.717) is 24.5 Å². The Morgan fingerprint density at radius 3 is 2.89 bits per heavy atom. The molecule has 0 saturated carbocycles. The van der Waals surface area contributed by atoms with Gasteiger partial charge in [-0.15, -0.1) is 0 Å². The quantitative estimate of drug-likeness (QED) is 0.788. The number of halogens is 2. The van der Waals surface area contributed by atoms with Gasteiger partial charge in [0.2, 0.25) is 5.91 Å². The zero-order chi connectivity index (χ0) is 13.3. The van der Waals surface area contributed by atoms with Gasteiger partial charge >= 0.3 is 0 Å². The molecule has 6 heteroatoms. The van der Waals surface area contributed by atoms with Gasteiger partial charge in [0.15, 0.2) is 0 Å². The largest absolute Gasteiger partial charge is 0.399 e. The number of nitrogens with zero attached hydrogens (tertiary/aromatic N) is 1. The number of nitrogen functional groups attached to an aromatic ring is 1. The Morgan fingerprint density at radius 1 is 1.50 bits per heavy atom. The summed E-state index contributed by atoms with van der Waals surface area (Å²) in [5.41, 5.74) is 6.07. The summed E-state index contributed by atoms with van der Waals surface area (Å²) in [5, 5.41) is 2.70. The molecule has 3 N–H and O–H groups in total. The minimum Gasteiger partial charge on any atom is -0.399 e. The molecule has 0 aromatic heterocycles. The van der Waals surface area contributed by atoms with Gasteiger partial charge in [-0.2, -0.15) is 0 Å². The van der Waals surface area contributed by atoms with Crippen LogP contribution in [0.1, 0.15) is 18.9 Å². The molecule has 0 spiro atoms. The second-order valence-corrected chi connectivity index (χ2v) is 4.28. The highest BCUT2D eigenvalue weighted by molar-refractivity contribution is 5.86. The van der Waals surface area contributed by atoms with Crippen LogP contribution in [-0.2, 0) is 4.79 Å². The van der Waals surface area contributed by atoms with Gasteiger partial charge in [0, 0.05) is 30.0 Å². The van der Waals surface area contributed by atoms with Crippen LogP contribution >= 0.6 is 0 Å². The lowest BCUT2D eigenvalue weighted by molar-refractivity contribution is -0.122. The molecular weight excluding hydrogens is 240 g/mol. The van der Waals surface area contributed by atoms with Gasteiger partial charge in [-0.05, 0) is 25.1 Å². The first-order valence-corrected chi connectivity index (χ1v) is 5.72. The van der Waals surface area contributed by atoms with Crippen molar-refractivity contribution in [1.29, 1.82) is 0 Å². The first-order chi connectivity index (χ1) is 8.50. The Kier molecular flexibility index (Phi) is 3.36. The van der Waals surface area contributed by atoms with Crippen molar-refractivity contribution >= 4 is 17.3 Å². The summed E-state index contributed by atoms with van der Waals surface area (Å²) in [6.07, 6.45) is -2.61. The van der Waals surface area contributed by atoms with Crippen molar-refractivity contribution in [2.24, 2.45) is 0 Å². The molecule has 4 nitrogen and oxygen atoms in total. The van der Waals surface area contributed by atoms with Crippen LogP contribution in [0.25, 0.3) is 0 Å². The molecule has 0 aliphatic carbocycles. The van der Waals surface area contributed by atoms with Gasteiger partial charge in [0.05, 0.1) is 0 Å². The van der Waals surface area contributed by atoms with Crippen LogP contribution in [0.5, 0.6) is 0 Å². The Morgan fingerprint density at radius 2 is 2.22 bits per heavy atom. The molecule has 1 aromatic rings. The number of carbonyl (C=O) groups excluding carboxylic acids is 1. The number of piperazine rings is 1. The number of nitrogens with two attached hydrogens (primary N) is 1. The zero-order valence-electron chi connectivity index (χ0n) is 9.99. The fourth-order valence-corrected chi connectivity index (χ4v) is 2.12. The van der Waals surface area contributed by atoms with Crippen molar-refractivity contribution < 1.29 is 13.6 Å². The molecule has 1 heterocycles. The Balaban J connectivity index is 2.40. The van der Waals surface area contributed by atoms with E-state index in [1.54, 1.807) is 24.0 Å². The average molecular weight is 255 g/mol. The van der Waals surface area contributed by atoms with Crippen molar-refractivity contribution in [3.05, 3.63) is 23.8 Å². The van der Waals surface area contributed by atoms with Gasteiger partial charge in [0.25, 0.3) is 6.43 Å². The van der Waals surface area contributed by atoms with E-state index >= 15 is 0 Å². The topological polar surface area (TPSA) is 58.4 Å². The molecule has 0 bridgehead atoms. The van der Waals surface area contributed by atoms with E-state index in [0.717, 1.165) is 0 Å². The van der Waals surface area contributed by atoms with Crippen LogP contribution in [0.2, 0.25) is 0 Å². The number of nitrogens with one attached hydrogen (secondary N) is 1. The summed E-state index contributed by atoms with van der Waals surface area (Å²) >= 11 is 0. The zero-order valence-corrected chi connectivity index (χ0v) is 9.99. The lowest BCUT2D eigenvalue weighted by Gasteiger charge is -2.35. The fraction of sp³-hybridized carbons (Fsp3) is 0.417. The molecule has 98 valence electrons. The first-order valence-electron chi connectivity index (χ1n) is 5.72. The van der Waals surface area contributed by atoms with E-state index in [1.165, 1.54) is 6.07 Å². The molecule has 1 unspecified atom stereocenters. The van der Waals surface area contributed by atoms with Crippen molar-refractivity contribution in [3.63, 3.8) is 0 Å². The second-order valence-electron chi connectivity index (χ2n) is 4.28. The van der Waals surface area contributed by atoms with Crippen molar-refractivity contribution in [3.8, 4) is 0 Å². The van der Waals surface area contributed by atoms with Crippen LogP contribution in [0.15, 0.2) is 18.2 Å². The normalized spacial score (nSPS) is 20.1. The van der Waals surface area contributed by atoms with E-state index in [9.17, 15) is 13.6 Å². The summed E-state index contributed by atoms with van der Waals surface area (Å²) < 4.78 is 26.0. The monoisotopic (exact) mass is 255 g/mol. The van der Waals surface area contributed by atoms with E-state index in [2.05, 4.69) is 5.32 Å². The lowest BCUT2D eigenvalue weighted by atomic mass is 10.1. The maximum Gasteiger partial charge on any atom is 0.265 e. The molecular formula is C12H15F2N3O. The van der Waals surface area contributed by atoms with Crippen LogP contribution in [-0.4, -0.2) is 25.0 Å². The van der Waals surface area contributed by atoms with Gasteiger partial charge < -0.3 is 16.0 Å². The molecule has 1 aliphatic rings. The first kappa shape index (κ1) is 12.6. The third-order valence-electron chi connectivity index (χ3n) is 3.10. The fourth-order valence-electron chi connectivity index (χ4n) is 2.12. The van der Waals surface area contributed by atoms with Crippen LogP contribution in [0.4, 0.5) is 20.2 Å². The number of hydrogen-bond donors (Lipinski definition) is 2. The number of rotatable bonds is 2. The summed E-state index contributed by atoms with van der Waals surface area (Å²) in [6.45, 7) is 2.66. The summed E-state index contributed by atoms with van der Waals surface area (Å²) in [6, 6.07) is 3.92. The van der Waals surface area contributed by atoms with Gasteiger partial charge in [-0.25, -0.2) is 8.78 Å². The molecule has 0 radical (unpaired) electrons. The number of anilines is 2. The molecule has 1 aliphatic heterocycles. The smallest absolute Gasteiger partial charge is 0.265 e. The van der Waals surface area contributed by atoms with Crippen LogP contribution in [0, 0.1) is 0 Å². The minimum atomic E-state index is -2.61. The highest BCUT2D eigenvalue weighted by Gasteiger charge is 2.28. The van der Waals surface area contributed by atoms with E-state index in [-0.39, 0.29) is 11.5 Å². The summed E-state index contributed by atoms with van der Waals surface area (Å²) in [7, 11) is 0. The van der Waals surface area contributed by atoms with Crippen LogP contribution < -0.4 is 16.0 Å². The highest BCUT2D eigenvalue weighted by atomic mass is 19.3. The third-order valence-corrected chi connectivity index (χ3v) is 3.10. The number of amides is 1. The molecule has 1 fully saturated rings. The van der Waals surface area contributed by atoms with E-state index in [4.69, 9.17) is 5.73 Å².